The van der Waals surface area contributed by atoms with E-state index in [1.807, 2.05) is 18.2 Å². The van der Waals surface area contributed by atoms with Crippen molar-refractivity contribution in [3.63, 3.8) is 0 Å². The average molecular weight is 322 g/mol. The molecule has 1 aromatic heterocycles. The van der Waals surface area contributed by atoms with Crippen molar-refractivity contribution in [3.05, 3.63) is 34.8 Å². The third kappa shape index (κ3) is 2.48. The standard InChI is InChI=1S/C15H18N2O4S/c18-15-17(13-3-1-2-4-14(13)21-15)10-16(11-5-6-11)12-7-8-22(19,20)9-12/h1-4,11-12H,5-10H2/t12-/m0/s1. The predicted molar refractivity (Wildman–Crippen MR) is 82.4 cm³/mol. The van der Waals surface area contributed by atoms with Gasteiger partial charge in [-0.25, -0.2) is 13.2 Å². The fourth-order valence-corrected chi connectivity index (χ4v) is 5.03. The van der Waals surface area contributed by atoms with Crippen molar-refractivity contribution in [2.75, 3.05) is 11.5 Å². The molecular formula is C15H18N2O4S. The number of fused-ring (bicyclic) bond motifs is 1. The summed E-state index contributed by atoms with van der Waals surface area (Å²) in [6.45, 7) is 0.403. The minimum absolute atomic E-state index is 0.0121. The molecule has 0 spiro atoms. The van der Waals surface area contributed by atoms with Crippen LogP contribution in [0.5, 0.6) is 0 Å². The molecule has 22 heavy (non-hydrogen) atoms. The quantitative estimate of drug-likeness (QED) is 0.846. The van der Waals surface area contributed by atoms with E-state index in [9.17, 15) is 13.2 Å². The van der Waals surface area contributed by atoms with Crippen LogP contribution in [0.2, 0.25) is 0 Å². The molecule has 1 aliphatic carbocycles. The van der Waals surface area contributed by atoms with Crippen LogP contribution in [0.4, 0.5) is 0 Å². The van der Waals surface area contributed by atoms with Crippen LogP contribution < -0.4 is 5.76 Å². The molecule has 1 atom stereocenters. The number of rotatable bonds is 4. The van der Waals surface area contributed by atoms with Crippen molar-refractivity contribution in [2.24, 2.45) is 0 Å². The van der Waals surface area contributed by atoms with Crippen molar-refractivity contribution in [1.29, 1.82) is 0 Å². The minimum Gasteiger partial charge on any atom is -0.408 e. The van der Waals surface area contributed by atoms with Crippen LogP contribution in [-0.2, 0) is 16.5 Å². The Morgan fingerprint density at radius 3 is 2.64 bits per heavy atom. The lowest BCUT2D eigenvalue weighted by Crippen LogP contribution is -2.41. The summed E-state index contributed by atoms with van der Waals surface area (Å²) in [5.41, 5.74) is 1.33. The van der Waals surface area contributed by atoms with Crippen LogP contribution in [0.1, 0.15) is 19.3 Å². The Hall–Kier alpha value is -1.60. The zero-order chi connectivity index (χ0) is 15.3. The number of oxazole rings is 1. The molecule has 2 fully saturated rings. The summed E-state index contributed by atoms with van der Waals surface area (Å²) >= 11 is 0. The minimum atomic E-state index is -2.93. The van der Waals surface area contributed by atoms with E-state index in [1.165, 1.54) is 0 Å². The van der Waals surface area contributed by atoms with Crippen LogP contribution in [0.25, 0.3) is 11.1 Å². The van der Waals surface area contributed by atoms with Gasteiger partial charge in [-0.15, -0.1) is 0 Å². The van der Waals surface area contributed by atoms with Crippen LogP contribution in [0, 0.1) is 0 Å². The molecule has 1 aromatic carbocycles. The van der Waals surface area contributed by atoms with E-state index < -0.39 is 9.84 Å². The van der Waals surface area contributed by atoms with Gasteiger partial charge in [-0.1, -0.05) is 12.1 Å². The molecule has 0 unspecified atom stereocenters. The van der Waals surface area contributed by atoms with Gasteiger partial charge in [-0.05, 0) is 31.4 Å². The van der Waals surface area contributed by atoms with Crippen molar-refractivity contribution in [2.45, 2.75) is 38.0 Å². The van der Waals surface area contributed by atoms with Gasteiger partial charge in [0.1, 0.15) is 0 Å². The zero-order valence-electron chi connectivity index (χ0n) is 12.1. The van der Waals surface area contributed by atoms with Crippen molar-refractivity contribution >= 4 is 20.9 Å². The lowest BCUT2D eigenvalue weighted by molar-refractivity contribution is 0.152. The molecule has 0 bridgehead atoms. The molecule has 7 heteroatoms. The number of para-hydroxylation sites is 2. The van der Waals surface area contributed by atoms with Crippen molar-refractivity contribution in [1.82, 2.24) is 9.47 Å². The summed E-state index contributed by atoms with van der Waals surface area (Å²) in [6, 6.07) is 7.73. The van der Waals surface area contributed by atoms with E-state index in [4.69, 9.17) is 4.42 Å². The molecule has 6 nitrogen and oxygen atoms in total. The smallest absolute Gasteiger partial charge is 0.408 e. The van der Waals surface area contributed by atoms with Gasteiger partial charge in [-0.2, -0.15) is 0 Å². The SMILES string of the molecule is O=c1oc2ccccc2n1CN(C1CC1)[C@H]1CCS(=O)(=O)C1. The number of hydrogen-bond acceptors (Lipinski definition) is 5. The normalized spacial score (nSPS) is 24.3. The van der Waals surface area contributed by atoms with E-state index in [0.29, 0.717) is 24.7 Å². The van der Waals surface area contributed by atoms with Crippen LogP contribution in [0.15, 0.2) is 33.5 Å². The molecule has 0 N–H and O–H groups in total. The van der Waals surface area contributed by atoms with Gasteiger partial charge in [0.25, 0.3) is 0 Å². The first-order chi connectivity index (χ1) is 10.5. The maximum Gasteiger partial charge on any atom is 0.421 e. The van der Waals surface area contributed by atoms with Gasteiger partial charge in [0.2, 0.25) is 0 Å². The highest BCUT2D eigenvalue weighted by atomic mass is 32.2. The number of sulfone groups is 1. The second-order valence-electron chi connectivity index (χ2n) is 6.21. The molecular weight excluding hydrogens is 304 g/mol. The summed E-state index contributed by atoms with van der Waals surface area (Å²) in [4.78, 5) is 14.3. The summed E-state index contributed by atoms with van der Waals surface area (Å²) < 4.78 is 30.4. The van der Waals surface area contributed by atoms with Crippen LogP contribution in [-0.4, -0.2) is 41.5 Å². The Morgan fingerprint density at radius 2 is 1.95 bits per heavy atom. The van der Waals surface area contributed by atoms with Crippen LogP contribution >= 0.6 is 0 Å². The number of hydrogen-bond donors (Lipinski definition) is 0. The molecule has 0 amide bonds. The highest BCUT2D eigenvalue weighted by Crippen LogP contribution is 2.32. The van der Waals surface area contributed by atoms with Gasteiger partial charge in [-0.3, -0.25) is 9.47 Å². The number of nitrogens with zero attached hydrogens (tertiary/aromatic N) is 2. The fraction of sp³-hybridized carbons (Fsp3) is 0.533. The topological polar surface area (TPSA) is 72.5 Å². The largest absolute Gasteiger partial charge is 0.421 e. The second-order valence-corrected chi connectivity index (χ2v) is 8.44. The first-order valence-electron chi connectivity index (χ1n) is 7.58. The third-order valence-corrected chi connectivity index (χ3v) is 6.32. The van der Waals surface area contributed by atoms with E-state index in [1.54, 1.807) is 10.6 Å². The Morgan fingerprint density at radius 1 is 1.18 bits per heavy atom. The second kappa shape index (κ2) is 4.96. The Balaban J connectivity index is 1.67. The summed E-state index contributed by atoms with van der Waals surface area (Å²) in [7, 11) is -2.93. The van der Waals surface area contributed by atoms with Gasteiger partial charge >= 0.3 is 5.76 Å². The molecule has 2 aromatic rings. The van der Waals surface area contributed by atoms with Crippen molar-refractivity contribution < 1.29 is 12.8 Å². The maximum atomic E-state index is 12.1. The molecule has 1 saturated carbocycles. The molecule has 118 valence electrons. The van der Waals surface area contributed by atoms with E-state index >= 15 is 0 Å². The first kappa shape index (κ1) is 14.0. The van der Waals surface area contributed by atoms with Gasteiger partial charge in [0.05, 0.1) is 23.7 Å². The highest BCUT2D eigenvalue weighted by molar-refractivity contribution is 7.91. The van der Waals surface area contributed by atoms with Crippen molar-refractivity contribution in [3.8, 4) is 0 Å². The lowest BCUT2D eigenvalue weighted by atomic mass is 10.2. The average Bonchev–Trinajstić information content (AvgIpc) is 3.18. The molecule has 1 saturated heterocycles. The molecule has 1 aliphatic heterocycles. The summed E-state index contributed by atoms with van der Waals surface area (Å²) in [5, 5.41) is 0. The molecule has 0 radical (unpaired) electrons. The summed E-state index contributed by atoms with van der Waals surface area (Å²) in [6.07, 6.45) is 2.80. The van der Waals surface area contributed by atoms with E-state index in [-0.39, 0.29) is 23.3 Å². The van der Waals surface area contributed by atoms with E-state index in [0.717, 1.165) is 18.4 Å². The van der Waals surface area contributed by atoms with Crippen LogP contribution in [0.3, 0.4) is 0 Å². The maximum absolute atomic E-state index is 12.1. The molecule has 2 heterocycles. The first-order valence-corrected chi connectivity index (χ1v) is 9.40. The third-order valence-electron chi connectivity index (χ3n) is 4.57. The monoisotopic (exact) mass is 322 g/mol. The molecule has 2 aliphatic rings. The number of benzene rings is 1. The lowest BCUT2D eigenvalue weighted by Gasteiger charge is -2.27. The highest BCUT2D eigenvalue weighted by Gasteiger charge is 2.40. The number of aromatic nitrogens is 1. The molecule has 4 rings (SSSR count). The van der Waals surface area contributed by atoms with Gasteiger partial charge < -0.3 is 4.42 Å². The zero-order valence-corrected chi connectivity index (χ0v) is 13.0. The van der Waals surface area contributed by atoms with Gasteiger partial charge in [0, 0.05) is 12.1 Å². The fourth-order valence-electron chi connectivity index (χ4n) is 3.28. The summed E-state index contributed by atoms with van der Waals surface area (Å²) in [5.74, 6) is 0.0726. The van der Waals surface area contributed by atoms with Gasteiger partial charge in [0.15, 0.2) is 15.4 Å². The Bertz CT molecular complexity index is 863. The van der Waals surface area contributed by atoms with E-state index in [2.05, 4.69) is 4.90 Å². The Labute approximate surface area is 128 Å². The Kier molecular flexibility index (Phi) is 3.16. The predicted octanol–water partition coefficient (Wildman–Crippen LogP) is 1.20.